The Morgan fingerprint density at radius 1 is 1.32 bits per heavy atom. The number of hydrogen-bond donors (Lipinski definition) is 1. The van der Waals surface area contributed by atoms with Gasteiger partial charge >= 0.3 is 0 Å². The molecule has 3 heteroatoms. The van der Waals surface area contributed by atoms with Crippen LogP contribution in [0.3, 0.4) is 0 Å². The molecule has 0 spiro atoms. The van der Waals surface area contributed by atoms with Gasteiger partial charge in [-0.05, 0) is 37.8 Å². The smallest absolute Gasteiger partial charge is 0.133 e. The third kappa shape index (κ3) is 3.93. The van der Waals surface area contributed by atoms with Crippen molar-refractivity contribution in [3.05, 3.63) is 23.9 Å². The molecule has 0 aliphatic carbocycles. The second-order valence-corrected chi connectivity index (χ2v) is 5.46. The normalized spacial score (nSPS) is 20.3. The number of nitrogens with one attached hydrogen (secondary N) is 1. The van der Waals surface area contributed by atoms with Gasteiger partial charge in [0.25, 0.3) is 0 Å². The fourth-order valence-electron chi connectivity index (χ4n) is 2.90. The first-order chi connectivity index (χ1) is 9.35. The molecule has 1 atom stereocenters. The molecule has 1 N–H and O–H groups in total. The largest absolute Gasteiger partial charge is 0.356 e. The molecule has 3 nitrogen and oxygen atoms in total. The Bertz CT molecular complexity index is 378. The maximum atomic E-state index is 4.63. The van der Waals surface area contributed by atoms with Crippen LogP contribution in [0.15, 0.2) is 18.3 Å². The van der Waals surface area contributed by atoms with Gasteiger partial charge in [0.05, 0.1) is 0 Å². The van der Waals surface area contributed by atoms with E-state index in [0.29, 0.717) is 0 Å². The van der Waals surface area contributed by atoms with Crippen LogP contribution in [0.4, 0.5) is 5.82 Å². The predicted octanol–water partition coefficient (Wildman–Crippen LogP) is 3.21. The molecule has 0 aromatic carbocycles. The average molecular weight is 261 g/mol. The van der Waals surface area contributed by atoms with E-state index in [-0.39, 0.29) is 0 Å². The molecule has 1 unspecified atom stereocenters. The van der Waals surface area contributed by atoms with Crippen LogP contribution in [-0.4, -0.2) is 24.6 Å². The van der Waals surface area contributed by atoms with Crippen molar-refractivity contribution in [2.75, 3.05) is 24.5 Å². The number of nitrogens with zero attached hydrogens (tertiary/aromatic N) is 2. The highest BCUT2D eigenvalue weighted by Gasteiger charge is 2.18. The zero-order chi connectivity index (χ0) is 13.5. The maximum absolute atomic E-state index is 4.63. The Labute approximate surface area is 117 Å². The summed E-state index contributed by atoms with van der Waals surface area (Å²) in [5.74, 6) is 2.10. The topological polar surface area (TPSA) is 28.2 Å². The summed E-state index contributed by atoms with van der Waals surface area (Å²) in [6.07, 6.45) is 7.24. The van der Waals surface area contributed by atoms with Crippen LogP contribution in [0.25, 0.3) is 0 Å². The van der Waals surface area contributed by atoms with Gasteiger partial charge in [-0.25, -0.2) is 4.98 Å². The van der Waals surface area contributed by atoms with Crippen molar-refractivity contribution >= 4 is 5.82 Å². The van der Waals surface area contributed by atoms with E-state index in [1.54, 1.807) is 0 Å². The number of rotatable bonds is 5. The Morgan fingerprint density at radius 3 is 3.00 bits per heavy atom. The van der Waals surface area contributed by atoms with Crippen LogP contribution in [0.1, 0.15) is 45.1 Å². The van der Waals surface area contributed by atoms with Crippen molar-refractivity contribution in [1.82, 2.24) is 10.3 Å². The highest BCUT2D eigenvalue weighted by atomic mass is 15.2. The summed E-state index contributed by atoms with van der Waals surface area (Å²) in [4.78, 5) is 7.12. The molecule has 19 heavy (non-hydrogen) atoms. The first kappa shape index (κ1) is 14.3. The second-order valence-electron chi connectivity index (χ2n) is 5.46. The lowest BCUT2D eigenvalue weighted by Crippen LogP contribution is -2.27. The lowest BCUT2D eigenvalue weighted by atomic mass is 9.98. The number of aromatic nitrogens is 1. The van der Waals surface area contributed by atoms with E-state index in [0.717, 1.165) is 32.1 Å². The summed E-state index contributed by atoms with van der Waals surface area (Å²) >= 11 is 0. The molecule has 106 valence electrons. The Morgan fingerprint density at radius 2 is 2.21 bits per heavy atom. The van der Waals surface area contributed by atoms with Crippen molar-refractivity contribution in [2.45, 2.75) is 46.1 Å². The molecule has 1 aromatic heterocycles. The molecule has 1 aliphatic rings. The van der Waals surface area contributed by atoms with Crippen molar-refractivity contribution in [2.24, 2.45) is 5.92 Å². The van der Waals surface area contributed by atoms with E-state index in [2.05, 4.69) is 35.1 Å². The minimum atomic E-state index is 0.908. The minimum absolute atomic E-state index is 0.908. The Balaban J connectivity index is 2.07. The first-order valence-electron chi connectivity index (χ1n) is 7.74. The maximum Gasteiger partial charge on any atom is 0.133 e. The molecule has 0 radical (unpaired) electrons. The highest BCUT2D eigenvalue weighted by Crippen LogP contribution is 2.25. The van der Waals surface area contributed by atoms with Gasteiger partial charge in [-0.1, -0.05) is 26.3 Å². The van der Waals surface area contributed by atoms with E-state index in [9.17, 15) is 0 Å². The van der Waals surface area contributed by atoms with Crippen LogP contribution in [-0.2, 0) is 6.54 Å². The SMILES string of the molecule is CCNCc1cccnc1N1CCCC(CC)CC1. The van der Waals surface area contributed by atoms with Crippen LogP contribution < -0.4 is 10.2 Å². The second kappa shape index (κ2) is 7.49. The summed E-state index contributed by atoms with van der Waals surface area (Å²) in [6.45, 7) is 8.71. The lowest BCUT2D eigenvalue weighted by Gasteiger charge is -2.24. The summed E-state index contributed by atoms with van der Waals surface area (Å²) in [5.41, 5.74) is 1.33. The standard InChI is InChI=1S/C16H27N3/c1-3-14-7-6-11-19(12-9-14)16-15(13-17-4-2)8-5-10-18-16/h5,8,10,14,17H,3-4,6-7,9,11-13H2,1-2H3. The fourth-order valence-corrected chi connectivity index (χ4v) is 2.90. The minimum Gasteiger partial charge on any atom is -0.356 e. The quantitative estimate of drug-likeness (QED) is 0.882. The van der Waals surface area contributed by atoms with Crippen molar-refractivity contribution < 1.29 is 0 Å². The molecular formula is C16H27N3. The van der Waals surface area contributed by atoms with Gasteiger partial charge in [-0.2, -0.15) is 0 Å². The fraction of sp³-hybridized carbons (Fsp3) is 0.688. The van der Waals surface area contributed by atoms with E-state index in [1.165, 1.54) is 37.1 Å². The highest BCUT2D eigenvalue weighted by molar-refractivity contribution is 5.46. The molecule has 1 aromatic rings. The van der Waals surface area contributed by atoms with Crippen LogP contribution in [0.2, 0.25) is 0 Å². The molecule has 0 bridgehead atoms. The zero-order valence-corrected chi connectivity index (χ0v) is 12.4. The first-order valence-corrected chi connectivity index (χ1v) is 7.74. The molecule has 0 amide bonds. The van der Waals surface area contributed by atoms with Gasteiger partial charge in [0.2, 0.25) is 0 Å². The third-order valence-corrected chi connectivity index (χ3v) is 4.16. The summed E-state index contributed by atoms with van der Waals surface area (Å²) < 4.78 is 0. The van der Waals surface area contributed by atoms with E-state index >= 15 is 0 Å². The summed E-state index contributed by atoms with van der Waals surface area (Å²) in [5, 5.41) is 3.41. The van der Waals surface area contributed by atoms with Gasteiger partial charge in [0.15, 0.2) is 0 Å². The molecule has 1 saturated heterocycles. The van der Waals surface area contributed by atoms with Crippen LogP contribution >= 0.6 is 0 Å². The van der Waals surface area contributed by atoms with Gasteiger partial charge in [-0.15, -0.1) is 0 Å². The molecule has 2 heterocycles. The molecule has 2 rings (SSSR count). The Hall–Kier alpha value is -1.09. The van der Waals surface area contributed by atoms with E-state index in [1.807, 2.05) is 12.3 Å². The number of pyridine rings is 1. The van der Waals surface area contributed by atoms with Crippen molar-refractivity contribution in [3.8, 4) is 0 Å². The Kier molecular flexibility index (Phi) is 5.64. The van der Waals surface area contributed by atoms with Gasteiger partial charge in [0, 0.05) is 31.4 Å². The van der Waals surface area contributed by atoms with Gasteiger partial charge in [-0.3, -0.25) is 0 Å². The monoisotopic (exact) mass is 261 g/mol. The number of anilines is 1. The van der Waals surface area contributed by atoms with Gasteiger partial charge < -0.3 is 10.2 Å². The average Bonchev–Trinajstić information content (AvgIpc) is 2.70. The third-order valence-electron chi connectivity index (χ3n) is 4.16. The molecule has 1 fully saturated rings. The molecule has 0 saturated carbocycles. The van der Waals surface area contributed by atoms with Crippen molar-refractivity contribution in [1.29, 1.82) is 0 Å². The van der Waals surface area contributed by atoms with Crippen LogP contribution in [0.5, 0.6) is 0 Å². The van der Waals surface area contributed by atoms with Crippen LogP contribution in [0, 0.1) is 5.92 Å². The summed E-state index contributed by atoms with van der Waals surface area (Å²) in [7, 11) is 0. The van der Waals surface area contributed by atoms with E-state index in [4.69, 9.17) is 0 Å². The lowest BCUT2D eigenvalue weighted by molar-refractivity contribution is 0.459. The molecule has 1 aliphatic heterocycles. The molecular weight excluding hydrogens is 234 g/mol. The van der Waals surface area contributed by atoms with E-state index < -0.39 is 0 Å². The van der Waals surface area contributed by atoms with Gasteiger partial charge in [0.1, 0.15) is 5.82 Å². The number of hydrogen-bond acceptors (Lipinski definition) is 3. The summed E-state index contributed by atoms with van der Waals surface area (Å²) in [6, 6.07) is 4.25. The zero-order valence-electron chi connectivity index (χ0n) is 12.4. The van der Waals surface area contributed by atoms with Crippen molar-refractivity contribution in [3.63, 3.8) is 0 Å². The predicted molar refractivity (Wildman–Crippen MR) is 81.5 cm³/mol.